The maximum atomic E-state index is 11.5. The number of amides is 2. The second-order valence-electron chi connectivity index (χ2n) is 3.67. The summed E-state index contributed by atoms with van der Waals surface area (Å²) in [4.78, 5) is 24.1. The second-order valence-corrected chi connectivity index (χ2v) is 4.11. The molecule has 0 aliphatic carbocycles. The molecule has 4 heteroatoms. The number of carbonyl (C=O) groups excluding carboxylic acids is 2. The summed E-state index contributed by atoms with van der Waals surface area (Å²) in [5, 5.41) is 0. The van der Waals surface area contributed by atoms with Gasteiger partial charge in [0, 0.05) is 29.9 Å². The number of rotatable bonds is 2. The van der Waals surface area contributed by atoms with E-state index < -0.39 is 0 Å². The minimum absolute atomic E-state index is 0.311. The number of imide groups is 1. The first kappa shape index (κ1) is 12.5. The number of benzene rings is 1. The van der Waals surface area contributed by atoms with Crippen LogP contribution in [0.2, 0.25) is 0 Å². The topological polar surface area (TPSA) is 37.4 Å². The minimum Gasteiger partial charge on any atom is -0.269 e. The normalized spacial score (nSPS) is 13.7. The summed E-state index contributed by atoms with van der Waals surface area (Å²) in [7, 11) is 0. The molecule has 0 atom stereocenters. The summed E-state index contributed by atoms with van der Waals surface area (Å²) in [5.74, 6) is 6.06. The zero-order chi connectivity index (χ0) is 13.0. The van der Waals surface area contributed by atoms with Crippen LogP contribution in [0.4, 0.5) is 5.69 Å². The molecule has 0 unspecified atom stereocenters. The van der Waals surface area contributed by atoms with E-state index in [1.165, 1.54) is 12.2 Å². The van der Waals surface area contributed by atoms with Gasteiger partial charge in [-0.2, -0.15) is 12.6 Å². The summed E-state index contributed by atoms with van der Waals surface area (Å²) in [6.45, 7) is 0. The fraction of sp³-hybridized carbons (Fsp3) is 0.143. The Morgan fingerprint density at radius 1 is 1.06 bits per heavy atom. The van der Waals surface area contributed by atoms with Gasteiger partial charge in [-0.05, 0) is 24.3 Å². The molecule has 0 saturated carbocycles. The molecule has 18 heavy (non-hydrogen) atoms. The number of carbonyl (C=O) groups is 2. The highest BCUT2D eigenvalue weighted by atomic mass is 32.1. The van der Waals surface area contributed by atoms with E-state index in [2.05, 4.69) is 24.5 Å². The third-order valence-electron chi connectivity index (χ3n) is 2.40. The molecule has 0 radical (unpaired) electrons. The van der Waals surface area contributed by atoms with Gasteiger partial charge in [-0.15, -0.1) is 0 Å². The Hall–Kier alpha value is -1.99. The fourth-order valence-corrected chi connectivity index (χ4v) is 1.68. The molecule has 90 valence electrons. The number of thiol groups is 1. The van der Waals surface area contributed by atoms with Gasteiger partial charge >= 0.3 is 0 Å². The summed E-state index contributed by atoms with van der Waals surface area (Å²) in [5.41, 5.74) is 1.42. The Bertz CT molecular complexity index is 546. The highest BCUT2D eigenvalue weighted by Gasteiger charge is 2.24. The highest BCUT2D eigenvalue weighted by Crippen LogP contribution is 2.19. The Kier molecular flexibility index (Phi) is 3.85. The van der Waals surface area contributed by atoms with E-state index in [9.17, 15) is 9.59 Å². The first-order valence-electron chi connectivity index (χ1n) is 5.48. The molecule has 1 aromatic carbocycles. The molecule has 0 fully saturated rings. The van der Waals surface area contributed by atoms with E-state index in [1.54, 1.807) is 24.3 Å². The molecule has 0 aromatic heterocycles. The molecule has 1 aromatic rings. The smallest absolute Gasteiger partial charge is 0.258 e. The Balaban J connectivity index is 2.16. The largest absolute Gasteiger partial charge is 0.269 e. The monoisotopic (exact) mass is 257 g/mol. The van der Waals surface area contributed by atoms with E-state index in [-0.39, 0.29) is 11.8 Å². The van der Waals surface area contributed by atoms with Gasteiger partial charge in [0.2, 0.25) is 0 Å². The van der Waals surface area contributed by atoms with Gasteiger partial charge in [0.1, 0.15) is 0 Å². The van der Waals surface area contributed by atoms with E-state index in [4.69, 9.17) is 0 Å². The molecule has 1 heterocycles. The van der Waals surface area contributed by atoms with Crippen molar-refractivity contribution in [1.82, 2.24) is 0 Å². The molecular formula is C14H11NO2S. The molecule has 1 aliphatic heterocycles. The third kappa shape index (κ3) is 2.63. The van der Waals surface area contributed by atoms with Crippen LogP contribution >= 0.6 is 12.6 Å². The molecule has 2 amide bonds. The van der Waals surface area contributed by atoms with Crippen molar-refractivity contribution in [2.24, 2.45) is 0 Å². The average Bonchev–Trinajstić information content (AvgIpc) is 2.71. The van der Waals surface area contributed by atoms with Gasteiger partial charge in [-0.3, -0.25) is 9.59 Å². The standard InChI is InChI=1S/C14H11NO2S/c16-13-8-9-14(17)15(13)12-6-4-11(5-7-12)3-1-2-10-18/h4-9,18H,2,10H2. The minimum atomic E-state index is -0.311. The Morgan fingerprint density at radius 2 is 1.67 bits per heavy atom. The van der Waals surface area contributed by atoms with Crippen LogP contribution < -0.4 is 4.90 Å². The lowest BCUT2D eigenvalue weighted by molar-refractivity contribution is -0.119. The maximum absolute atomic E-state index is 11.5. The third-order valence-corrected chi connectivity index (χ3v) is 2.63. The average molecular weight is 257 g/mol. The zero-order valence-corrected chi connectivity index (χ0v) is 10.5. The van der Waals surface area contributed by atoms with Crippen molar-refractivity contribution in [2.75, 3.05) is 10.7 Å². The van der Waals surface area contributed by atoms with E-state index in [0.717, 1.165) is 22.6 Å². The van der Waals surface area contributed by atoms with Gasteiger partial charge in [-0.25, -0.2) is 4.90 Å². The van der Waals surface area contributed by atoms with Gasteiger partial charge in [0.05, 0.1) is 5.69 Å². The van der Waals surface area contributed by atoms with Crippen molar-refractivity contribution in [3.05, 3.63) is 42.0 Å². The summed E-state index contributed by atoms with van der Waals surface area (Å²) < 4.78 is 0. The SMILES string of the molecule is O=C1C=CC(=O)N1c1ccc(C#CCCS)cc1. The van der Waals surface area contributed by atoms with Crippen molar-refractivity contribution in [1.29, 1.82) is 0 Å². The first-order valence-corrected chi connectivity index (χ1v) is 6.11. The van der Waals surface area contributed by atoms with E-state index >= 15 is 0 Å². The molecule has 3 nitrogen and oxygen atoms in total. The number of nitrogens with zero attached hydrogens (tertiary/aromatic N) is 1. The number of hydrogen-bond donors (Lipinski definition) is 1. The molecular weight excluding hydrogens is 246 g/mol. The van der Waals surface area contributed by atoms with Crippen LogP contribution in [-0.4, -0.2) is 17.6 Å². The first-order chi connectivity index (χ1) is 8.72. The summed E-state index contributed by atoms with van der Waals surface area (Å²) >= 11 is 4.07. The van der Waals surface area contributed by atoms with Gasteiger partial charge < -0.3 is 0 Å². The van der Waals surface area contributed by atoms with Crippen LogP contribution in [0.1, 0.15) is 12.0 Å². The van der Waals surface area contributed by atoms with Crippen LogP contribution in [0.25, 0.3) is 0 Å². The van der Waals surface area contributed by atoms with E-state index in [1.807, 2.05) is 0 Å². The molecule has 0 saturated heterocycles. The molecule has 2 rings (SSSR count). The highest BCUT2D eigenvalue weighted by molar-refractivity contribution is 7.80. The molecule has 0 spiro atoms. The van der Waals surface area contributed by atoms with Crippen LogP contribution in [0.3, 0.4) is 0 Å². The van der Waals surface area contributed by atoms with Crippen molar-refractivity contribution < 1.29 is 9.59 Å². The molecule has 1 aliphatic rings. The van der Waals surface area contributed by atoms with Crippen LogP contribution in [-0.2, 0) is 9.59 Å². The van der Waals surface area contributed by atoms with Crippen molar-refractivity contribution >= 4 is 30.1 Å². The fourth-order valence-electron chi connectivity index (χ4n) is 1.57. The lowest BCUT2D eigenvalue weighted by Gasteiger charge is -2.13. The maximum Gasteiger partial charge on any atom is 0.258 e. The summed E-state index contributed by atoms with van der Waals surface area (Å²) in [6.07, 6.45) is 3.27. The van der Waals surface area contributed by atoms with Gasteiger partial charge in [0.15, 0.2) is 0 Å². The predicted molar refractivity (Wildman–Crippen MR) is 73.4 cm³/mol. The summed E-state index contributed by atoms with van der Waals surface area (Å²) in [6, 6.07) is 7.01. The lowest BCUT2D eigenvalue weighted by Crippen LogP contribution is -2.29. The quantitative estimate of drug-likeness (QED) is 0.498. The van der Waals surface area contributed by atoms with Crippen molar-refractivity contribution in [3.63, 3.8) is 0 Å². The van der Waals surface area contributed by atoms with Crippen LogP contribution in [0.5, 0.6) is 0 Å². The van der Waals surface area contributed by atoms with Gasteiger partial charge in [-0.1, -0.05) is 11.8 Å². The number of anilines is 1. The van der Waals surface area contributed by atoms with E-state index in [0.29, 0.717) is 5.69 Å². The van der Waals surface area contributed by atoms with Crippen LogP contribution in [0.15, 0.2) is 36.4 Å². The van der Waals surface area contributed by atoms with Crippen molar-refractivity contribution in [3.8, 4) is 11.8 Å². The Morgan fingerprint density at radius 3 is 2.22 bits per heavy atom. The zero-order valence-electron chi connectivity index (χ0n) is 9.59. The molecule has 0 N–H and O–H groups in total. The predicted octanol–water partition coefficient (Wildman–Crippen LogP) is 1.79. The Labute approximate surface area is 111 Å². The molecule has 0 bridgehead atoms. The van der Waals surface area contributed by atoms with Gasteiger partial charge in [0.25, 0.3) is 11.8 Å². The second kappa shape index (κ2) is 5.56. The lowest BCUT2D eigenvalue weighted by atomic mass is 10.2. The number of hydrogen-bond acceptors (Lipinski definition) is 3. The van der Waals surface area contributed by atoms with Crippen LogP contribution in [0, 0.1) is 11.8 Å². The van der Waals surface area contributed by atoms with Crippen molar-refractivity contribution in [2.45, 2.75) is 6.42 Å².